The van der Waals surface area contributed by atoms with E-state index in [1.165, 1.54) is 27.2 Å². The molecule has 8 nitrogen and oxygen atoms in total. The fourth-order valence-corrected chi connectivity index (χ4v) is 5.92. The van der Waals surface area contributed by atoms with E-state index in [4.69, 9.17) is 11.6 Å². The Kier molecular flexibility index (Phi) is 6.83. The van der Waals surface area contributed by atoms with Crippen LogP contribution in [0.3, 0.4) is 0 Å². The Hall–Kier alpha value is -2.75. The number of sulfonamides is 1. The van der Waals surface area contributed by atoms with Gasteiger partial charge in [-0.05, 0) is 55.7 Å². The molecule has 2 heterocycles. The smallest absolute Gasteiger partial charge is 0.348 e. The lowest BCUT2D eigenvalue weighted by atomic mass is 10.1. The number of rotatable bonds is 6. The number of fused-ring (bicyclic) bond motifs is 1. The van der Waals surface area contributed by atoms with Crippen LogP contribution in [0.2, 0.25) is 5.02 Å². The quantitative estimate of drug-likeness (QED) is 0.574. The summed E-state index contributed by atoms with van der Waals surface area (Å²) in [5.41, 5.74) is 0.740. The predicted octanol–water partition coefficient (Wildman–Crippen LogP) is 2.93. The molecule has 1 atom stereocenters. The van der Waals surface area contributed by atoms with Gasteiger partial charge in [-0.3, -0.25) is 9.36 Å². The minimum Gasteiger partial charge on any atom is -0.350 e. The summed E-state index contributed by atoms with van der Waals surface area (Å²) in [6.07, 6.45) is 4.03. The van der Waals surface area contributed by atoms with E-state index in [2.05, 4.69) is 10.3 Å². The highest BCUT2D eigenvalue weighted by molar-refractivity contribution is 7.89. The largest absolute Gasteiger partial charge is 0.350 e. The Morgan fingerprint density at radius 2 is 1.94 bits per heavy atom. The molecule has 0 unspecified atom stereocenters. The number of amides is 1. The van der Waals surface area contributed by atoms with Crippen molar-refractivity contribution >= 4 is 38.4 Å². The van der Waals surface area contributed by atoms with Gasteiger partial charge in [0, 0.05) is 35.7 Å². The van der Waals surface area contributed by atoms with Crippen LogP contribution in [0.5, 0.6) is 0 Å². The second-order valence-corrected chi connectivity index (χ2v) is 10.5. The molecule has 1 fully saturated rings. The van der Waals surface area contributed by atoms with Crippen molar-refractivity contribution in [2.24, 2.45) is 0 Å². The summed E-state index contributed by atoms with van der Waals surface area (Å²) in [7, 11) is -3.66. The number of nitrogens with one attached hydrogen (secondary N) is 1. The number of carbonyl (C=O) groups excluding carboxylic acids is 1. The van der Waals surface area contributed by atoms with Crippen molar-refractivity contribution in [2.75, 3.05) is 6.54 Å². The first-order valence-electron chi connectivity index (χ1n) is 10.8. The Morgan fingerprint density at radius 3 is 2.67 bits per heavy atom. The van der Waals surface area contributed by atoms with E-state index in [-0.39, 0.29) is 23.4 Å². The third-order valence-corrected chi connectivity index (χ3v) is 8.15. The molecule has 0 bridgehead atoms. The van der Waals surface area contributed by atoms with Gasteiger partial charge in [0.25, 0.3) is 0 Å². The molecule has 0 saturated carbocycles. The van der Waals surface area contributed by atoms with Crippen LogP contribution in [0.4, 0.5) is 0 Å². The van der Waals surface area contributed by atoms with Gasteiger partial charge >= 0.3 is 5.69 Å². The van der Waals surface area contributed by atoms with Crippen molar-refractivity contribution < 1.29 is 13.2 Å². The number of halogens is 1. The maximum Gasteiger partial charge on any atom is 0.348 e. The van der Waals surface area contributed by atoms with Crippen LogP contribution < -0.4 is 11.0 Å². The van der Waals surface area contributed by atoms with E-state index in [1.807, 2.05) is 6.92 Å². The molecule has 174 valence electrons. The number of piperidine rings is 1. The average Bonchev–Trinajstić information content (AvgIpc) is 2.80. The molecule has 1 amide bonds. The van der Waals surface area contributed by atoms with Crippen LogP contribution in [-0.4, -0.2) is 40.8 Å². The molecule has 0 spiro atoms. The first-order valence-corrected chi connectivity index (χ1v) is 12.6. The normalized spacial score (nSPS) is 17.2. The molecule has 2 aromatic carbocycles. The minimum absolute atomic E-state index is 0.0594. The Balaban J connectivity index is 1.57. The first-order chi connectivity index (χ1) is 15.8. The number of hydrogen-bond acceptors (Lipinski definition) is 5. The monoisotopic (exact) mass is 488 g/mol. The number of aromatic nitrogens is 2. The van der Waals surface area contributed by atoms with Crippen molar-refractivity contribution in [3.05, 3.63) is 69.7 Å². The van der Waals surface area contributed by atoms with Gasteiger partial charge in [-0.1, -0.05) is 30.2 Å². The molecule has 1 saturated heterocycles. The summed E-state index contributed by atoms with van der Waals surface area (Å²) in [5.74, 6) is -0.361. The fraction of sp³-hybridized carbons (Fsp3) is 0.348. The second kappa shape index (κ2) is 9.62. The molecule has 33 heavy (non-hydrogen) atoms. The fourth-order valence-electron chi connectivity index (χ4n) is 4.06. The summed E-state index contributed by atoms with van der Waals surface area (Å²) >= 11 is 5.87. The maximum atomic E-state index is 13.2. The lowest BCUT2D eigenvalue weighted by Crippen LogP contribution is -2.41. The molecule has 1 aliphatic rings. The number of hydrogen-bond donors (Lipinski definition) is 1. The van der Waals surface area contributed by atoms with E-state index in [0.29, 0.717) is 29.0 Å². The van der Waals surface area contributed by atoms with Gasteiger partial charge in [0.1, 0.15) is 6.54 Å². The van der Waals surface area contributed by atoms with Gasteiger partial charge in [-0.25, -0.2) is 18.2 Å². The molecular weight excluding hydrogens is 464 g/mol. The van der Waals surface area contributed by atoms with Crippen molar-refractivity contribution in [1.29, 1.82) is 0 Å². The van der Waals surface area contributed by atoms with Gasteiger partial charge in [-0.15, -0.1) is 0 Å². The zero-order valence-corrected chi connectivity index (χ0v) is 19.8. The summed E-state index contributed by atoms with van der Waals surface area (Å²) in [4.78, 5) is 28.9. The maximum absolute atomic E-state index is 13.2. The minimum atomic E-state index is -3.66. The summed E-state index contributed by atoms with van der Waals surface area (Å²) in [6, 6.07) is 11.6. The van der Waals surface area contributed by atoms with Crippen molar-refractivity contribution in [3.8, 4) is 0 Å². The molecule has 10 heteroatoms. The second-order valence-electron chi connectivity index (χ2n) is 8.21. The van der Waals surface area contributed by atoms with E-state index >= 15 is 0 Å². The van der Waals surface area contributed by atoms with Gasteiger partial charge in [0.05, 0.1) is 10.4 Å². The van der Waals surface area contributed by atoms with Crippen LogP contribution >= 0.6 is 11.6 Å². The molecule has 1 aliphatic heterocycles. The van der Waals surface area contributed by atoms with Crippen LogP contribution in [0, 0.1) is 0 Å². The number of nitrogens with zero attached hydrogens (tertiary/aromatic N) is 3. The lowest BCUT2D eigenvalue weighted by molar-refractivity contribution is -0.121. The first kappa shape index (κ1) is 23.4. The van der Waals surface area contributed by atoms with E-state index in [1.54, 1.807) is 30.3 Å². The van der Waals surface area contributed by atoms with Crippen molar-refractivity contribution in [3.63, 3.8) is 0 Å². The standard InChI is InChI=1S/C23H25ClN4O4S/c1-16-4-2-3-11-28(16)33(31,32)20-9-10-21-18(12-20)14-26-23(30)27(21)15-22(29)25-13-17-5-7-19(24)8-6-17/h5-10,12,14,16H,2-4,11,13,15H2,1H3,(H,25,29)/t16-/m1/s1. The zero-order chi connectivity index (χ0) is 23.6. The van der Waals surface area contributed by atoms with E-state index in [0.717, 1.165) is 24.8 Å². The molecule has 1 N–H and O–H groups in total. The van der Waals surface area contributed by atoms with Crippen LogP contribution in [0.25, 0.3) is 10.9 Å². The molecule has 0 aliphatic carbocycles. The third-order valence-electron chi connectivity index (χ3n) is 5.89. The summed E-state index contributed by atoms with van der Waals surface area (Å²) in [5, 5.41) is 3.85. The van der Waals surface area contributed by atoms with Gasteiger partial charge in [0.15, 0.2) is 0 Å². The molecular formula is C23H25ClN4O4S. The lowest BCUT2D eigenvalue weighted by Gasteiger charge is -2.32. The predicted molar refractivity (Wildman–Crippen MR) is 127 cm³/mol. The van der Waals surface area contributed by atoms with Crippen LogP contribution in [0.15, 0.2) is 58.4 Å². The van der Waals surface area contributed by atoms with Gasteiger partial charge in [-0.2, -0.15) is 4.31 Å². The topological polar surface area (TPSA) is 101 Å². The SMILES string of the molecule is C[C@@H]1CCCCN1S(=O)(=O)c1ccc2c(cnc(=O)n2CC(=O)NCc2ccc(Cl)cc2)c1. The van der Waals surface area contributed by atoms with Crippen LogP contribution in [-0.2, 0) is 27.9 Å². The van der Waals surface area contributed by atoms with Gasteiger partial charge < -0.3 is 5.32 Å². The summed E-state index contributed by atoms with van der Waals surface area (Å²) in [6.45, 7) is 2.47. The molecule has 3 aromatic rings. The average molecular weight is 489 g/mol. The van der Waals surface area contributed by atoms with E-state index in [9.17, 15) is 18.0 Å². The molecule has 4 rings (SSSR count). The van der Waals surface area contributed by atoms with Gasteiger partial charge in [0.2, 0.25) is 15.9 Å². The Labute approximate surface area is 197 Å². The zero-order valence-electron chi connectivity index (χ0n) is 18.2. The Bertz CT molecular complexity index is 1340. The molecule has 1 aromatic heterocycles. The highest BCUT2D eigenvalue weighted by atomic mass is 35.5. The highest BCUT2D eigenvalue weighted by Gasteiger charge is 2.31. The van der Waals surface area contributed by atoms with E-state index < -0.39 is 15.7 Å². The van der Waals surface area contributed by atoms with Crippen LogP contribution in [0.1, 0.15) is 31.7 Å². The number of carbonyl (C=O) groups is 1. The van der Waals surface area contributed by atoms with Crippen molar-refractivity contribution in [2.45, 2.75) is 50.2 Å². The molecule has 0 radical (unpaired) electrons. The van der Waals surface area contributed by atoms with Crippen molar-refractivity contribution in [1.82, 2.24) is 19.2 Å². The third kappa shape index (κ3) is 5.10. The summed E-state index contributed by atoms with van der Waals surface area (Å²) < 4.78 is 29.1. The Morgan fingerprint density at radius 1 is 1.18 bits per heavy atom. The highest BCUT2D eigenvalue weighted by Crippen LogP contribution is 2.27. The number of benzene rings is 2.